The summed E-state index contributed by atoms with van der Waals surface area (Å²) in [5.41, 5.74) is 3.39. The molecule has 2 amide bonds. The summed E-state index contributed by atoms with van der Waals surface area (Å²) in [7, 11) is 0. The number of fused-ring (bicyclic) bond motifs is 1. The molecule has 1 fully saturated rings. The summed E-state index contributed by atoms with van der Waals surface area (Å²) in [6, 6.07) is 13.3. The minimum atomic E-state index is -0.0816. The smallest absolute Gasteiger partial charge is 0.265 e. The molecule has 1 saturated heterocycles. The standard InChI is InChI=1S/C23H27N3O3/c1-17-7-8-20-21(13-17)29-16-22(27)26(20)15-18-5-4-6-19(14-18)23(28)24-9-12-25-10-2-3-11-25/h4-8,13-14H,2-3,9-12,15-16H2,1H3,(H,24,28). The van der Waals surface area contributed by atoms with Crippen LogP contribution in [-0.2, 0) is 11.3 Å². The van der Waals surface area contributed by atoms with E-state index in [0.29, 0.717) is 18.7 Å². The number of likely N-dealkylation sites (tertiary alicyclic amines) is 1. The van der Waals surface area contributed by atoms with E-state index in [9.17, 15) is 9.59 Å². The van der Waals surface area contributed by atoms with Gasteiger partial charge in [0, 0.05) is 18.7 Å². The lowest BCUT2D eigenvalue weighted by atomic mass is 10.1. The fraction of sp³-hybridized carbons (Fsp3) is 0.391. The van der Waals surface area contributed by atoms with Gasteiger partial charge in [-0.25, -0.2) is 0 Å². The van der Waals surface area contributed by atoms with Gasteiger partial charge >= 0.3 is 0 Å². The minimum absolute atomic E-state index is 0.0349. The predicted octanol–water partition coefficient (Wildman–Crippen LogP) is 2.75. The van der Waals surface area contributed by atoms with Crippen molar-refractivity contribution in [3.63, 3.8) is 0 Å². The molecule has 2 aromatic rings. The summed E-state index contributed by atoms with van der Waals surface area (Å²) in [5.74, 6) is 0.567. The van der Waals surface area contributed by atoms with E-state index in [4.69, 9.17) is 4.74 Å². The monoisotopic (exact) mass is 393 g/mol. The number of anilines is 1. The summed E-state index contributed by atoms with van der Waals surface area (Å²) in [5, 5.41) is 3.01. The number of carbonyl (C=O) groups is 2. The number of carbonyl (C=O) groups excluding carboxylic acids is 2. The second kappa shape index (κ2) is 8.66. The zero-order valence-electron chi connectivity index (χ0n) is 16.8. The van der Waals surface area contributed by atoms with Gasteiger partial charge in [-0.1, -0.05) is 18.2 Å². The predicted molar refractivity (Wildman–Crippen MR) is 112 cm³/mol. The van der Waals surface area contributed by atoms with Crippen molar-refractivity contribution in [1.82, 2.24) is 10.2 Å². The Morgan fingerprint density at radius 2 is 1.97 bits per heavy atom. The number of rotatable bonds is 6. The van der Waals surface area contributed by atoms with E-state index in [1.165, 1.54) is 12.8 Å². The van der Waals surface area contributed by atoms with Crippen LogP contribution in [0, 0.1) is 6.92 Å². The molecule has 2 aromatic carbocycles. The molecule has 2 aliphatic heterocycles. The third kappa shape index (κ3) is 4.59. The molecule has 6 nitrogen and oxygen atoms in total. The molecule has 2 aliphatic rings. The number of amides is 2. The molecule has 0 aliphatic carbocycles. The van der Waals surface area contributed by atoms with Crippen molar-refractivity contribution >= 4 is 17.5 Å². The van der Waals surface area contributed by atoms with Crippen LogP contribution in [0.4, 0.5) is 5.69 Å². The van der Waals surface area contributed by atoms with Gasteiger partial charge in [-0.15, -0.1) is 0 Å². The van der Waals surface area contributed by atoms with E-state index in [1.54, 1.807) is 4.90 Å². The van der Waals surface area contributed by atoms with Crippen LogP contribution in [0.25, 0.3) is 0 Å². The van der Waals surface area contributed by atoms with Gasteiger partial charge in [-0.3, -0.25) is 9.59 Å². The zero-order valence-corrected chi connectivity index (χ0v) is 16.8. The lowest BCUT2D eigenvalue weighted by Gasteiger charge is -2.29. The van der Waals surface area contributed by atoms with E-state index < -0.39 is 0 Å². The lowest BCUT2D eigenvalue weighted by molar-refractivity contribution is -0.121. The molecule has 29 heavy (non-hydrogen) atoms. The van der Waals surface area contributed by atoms with Crippen LogP contribution in [0.3, 0.4) is 0 Å². The molecule has 0 spiro atoms. The lowest BCUT2D eigenvalue weighted by Crippen LogP contribution is -2.38. The first-order valence-electron chi connectivity index (χ1n) is 10.2. The van der Waals surface area contributed by atoms with Crippen molar-refractivity contribution in [2.24, 2.45) is 0 Å². The van der Waals surface area contributed by atoms with Gasteiger partial charge in [0.2, 0.25) is 0 Å². The first-order chi connectivity index (χ1) is 14.1. The molecule has 1 N–H and O–H groups in total. The van der Waals surface area contributed by atoms with Crippen LogP contribution < -0.4 is 15.0 Å². The molecule has 0 saturated carbocycles. The Bertz CT molecular complexity index is 906. The molecular weight excluding hydrogens is 366 g/mol. The highest BCUT2D eigenvalue weighted by Crippen LogP contribution is 2.33. The maximum Gasteiger partial charge on any atom is 0.265 e. The number of benzene rings is 2. The SMILES string of the molecule is Cc1ccc2c(c1)OCC(=O)N2Cc1cccc(C(=O)NCCN2CCCC2)c1. The number of ether oxygens (including phenoxy) is 1. The second-order valence-electron chi connectivity index (χ2n) is 7.74. The van der Waals surface area contributed by atoms with Crippen LogP contribution >= 0.6 is 0 Å². The summed E-state index contributed by atoms with van der Waals surface area (Å²) >= 11 is 0. The molecule has 0 atom stereocenters. The van der Waals surface area contributed by atoms with Gasteiger partial charge in [0.25, 0.3) is 11.8 Å². The Balaban J connectivity index is 1.42. The molecular formula is C23H27N3O3. The normalized spacial score (nSPS) is 16.4. The number of hydrogen-bond acceptors (Lipinski definition) is 4. The van der Waals surface area contributed by atoms with Crippen molar-refractivity contribution in [3.05, 3.63) is 59.2 Å². The first-order valence-corrected chi connectivity index (χ1v) is 10.2. The third-order valence-corrected chi connectivity index (χ3v) is 5.50. The largest absolute Gasteiger partial charge is 0.482 e. The quantitative estimate of drug-likeness (QED) is 0.820. The van der Waals surface area contributed by atoms with E-state index in [1.807, 2.05) is 49.4 Å². The van der Waals surface area contributed by atoms with Crippen molar-refractivity contribution in [1.29, 1.82) is 0 Å². The molecule has 4 rings (SSSR count). The zero-order chi connectivity index (χ0) is 20.2. The van der Waals surface area contributed by atoms with E-state index >= 15 is 0 Å². The van der Waals surface area contributed by atoms with Crippen molar-refractivity contribution in [2.45, 2.75) is 26.3 Å². The number of nitrogens with zero attached hydrogens (tertiary/aromatic N) is 2. The summed E-state index contributed by atoms with van der Waals surface area (Å²) in [6.45, 7) is 6.23. The fourth-order valence-corrected chi connectivity index (χ4v) is 3.91. The van der Waals surface area contributed by atoms with Crippen molar-refractivity contribution in [2.75, 3.05) is 37.7 Å². The Labute approximate surface area is 171 Å². The van der Waals surface area contributed by atoms with Crippen molar-refractivity contribution in [3.8, 4) is 5.75 Å². The fourth-order valence-electron chi connectivity index (χ4n) is 3.91. The minimum Gasteiger partial charge on any atom is -0.482 e. The maximum absolute atomic E-state index is 12.5. The molecule has 0 unspecified atom stereocenters. The van der Waals surface area contributed by atoms with Gasteiger partial charge in [0.1, 0.15) is 5.75 Å². The van der Waals surface area contributed by atoms with E-state index in [-0.39, 0.29) is 18.4 Å². The highest BCUT2D eigenvalue weighted by Gasteiger charge is 2.25. The Morgan fingerprint density at radius 3 is 2.79 bits per heavy atom. The molecule has 6 heteroatoms. The van der Waals surface area contributed by atoms with Crippen LogP contribution in [0.15, 0.2) is 42.5 Å². The Morgan fingerprint density at radius 1 is 1.14 bits per heavy atom. The van der Waals surface area contributed by atoms with Crippen LogP contribution in [0.2, 0.25) is 0 Å². The Kier molecular flexibility index (Phi) is 5.81. The number of aryl methyl sites for hydroxylation is 1. The molecule has 0 aromatic heterocycles. The third-order valence-electron chi connectivity index (χ3n) is 5.50. The van der Waals surface area contributed by atoms with Gasteiger partial charge in [0.05, 0.1) is 12.2 Å². The number of nitrogens with one attached hydrogen (secondary N) is 1. The highest BCUT2D eigenvalue weighted by molar-refractivity contribution is 5.98. The second-order valence-corrected chi connectivity index (χ2v) is 7.74. The number of hydrogen-bond donors (Lipinski definition) is 1. The molecule has 152 valence electrons. The van der Waals surface area contributed by atoms with Gasteiger partial charge in [-0.05, 0) is 68.2 Å². The van der Waals surface area contributed by atoms with Gasteiger partial charge in [0.15, 0.2) is 6.61 Å². The molecule has 0 radical (unpaired) electrons. The summed E-state index contributed by atoms with van der Waals surface area (Å²) in [4.78, 5) is 29.1. The van der Waals surface area contributed by atoms with Crippen LogP contribution in [0.5, 0.6) is 5.75 Å². The van der Waals surface area contributed by atoms with Gasteiger partial charge in [-0.2, -0.15) is 0 Å². The summed E-state index contributed by atoms with van der Waals surface area (Å²) < 4.78 is 5.57. The average Bonchev–Trinajstić information content (AvgIpc) is 3.24. The average molecular weight is 393 g/mol. The van der Waals surface area contributed by atoms with Gasteiger partial charge < -0.3 is 19.9 Å². The van der Waals surface area contributed by atoms with Crippen molar-refractivity contribution < 1.29 is 14.3 Å². The highest BCUT2D eigenvalue weighted by atomic mass is 16.5. The van der Waals surface area contributed by atoms with E-state index in [0.717, 1.165) is 42.2 Å². The first kappa shape index (κ1) is 19.5. The van der Waals surface area contributed by atoms with Crippen LogP contribution in [0.1, 0.15) is 34.3 Å². The van der Waals surface area contributed by atoms with E-state index in [2.05, 4.69) is 10.2 Å². The maximum atomic E-state index is 12.5. The molecule has 0 bridgehead atoms. The van der Waals surface area contributed by atoms with Crippen LogP contribution in [-0.4, -0.2) is 49.5 Å². The summed E-state index contributed by atoms with van der Waals surface area (Å²) in [6.07, 6.45) is 2.50. The topological polar surface area (TPSA) is 61.9 Å². The Hall–Kier alpha value is -2.86. The molecule has 2 heterocycles.